The van der Waals surface area contributed by atoms with Crippen LogP contribution in [0.5, 0.6) is 0 Å². The van der Waals surface area contributed by atoms with Crippen molar-refractivity contribution in [2.45, 2.75) is 51.2 Å². The van der Waals surface area contributed by atoms with Crippen LogP contribution >= 0.6 is 11.3 Å². The van der Waals surface area contributed by atoms with Crippen molar-refractivity contribution in [3.8, 4) is 0 Å². The van der Waals surface area contributed by atoms with Crippen LogP contribution in [0.3, 0.4) is 0 Å². The van der Waals surface area contributed by atoms with Gasteiger partial charge in [0, 0.05) is 38.9 Å². The Kier molecular flexibility index (Phi) is 6.42. The fraction of sp³-hybridized carbons (Fsp3) is 0.571. The summed E-state index contributed by atoms with van der Waals surface area (Å²) >= 11 is 1.70. The van der Waals surface area contributed by atoms with Gasteiger partial charge in [-0.15, -0.1) is 0 Å². The van der Waals surface area contributed by atoms with E-state index in [0.717, 1.165) is 43.6 Å². The summed E-state index contributed by atoms with van der Waals surface area (Å²) in [5.41, 5.74) is 2.91. The highest BCUT2D eigenvalue weighted by Gasteiger charge is 2.31. The summed E-state index contributed by atoms with van der Waals surface area (Å²) in [5.74, 6) is 0.701. The maximum atomic E-state index is 12.8. The van der Waals surface area contributed by atoms with E-state index in [9.17, 15) is 9.59 Å². The summed E-state index contributed by atoms with van der Waals surface area (Å²) in [4.78, 5) is 37.5. The third kappa shape index (κ3) is 4.60. The third-order valence-corrected chi connectivity index (χ3v) is 6.55. The number of nitrogens with one attached hydrogen (secondary N) is 1. The first-order chi connectivity index (χ1) is 14.2. The van der Waals surface area contributed by atoms with Gasteiger partial charge >= 0.3 is 0 Å². The molecule has 0 spiro atoms. The van der Waals surface area contributed by atoms with E-state index < -0.39 is 0 Å². The number of fused-ring (bicyclic) bond motifs is 1. The first-order valence-electron chi connectivity index (χ1n) is 10.3. The number of methoxy groups -OCH3 is 1. The average molecular weight is 417 g/mol. The Hall–Kier alpha value is -2.03. The number of likely N-dealkylation sites (tertiary alicyclic amines) is 1. The number of rotatable bonds is 6. The number of thiophene rings is 1. The number of ether oxygens (including phenoxy) is 1. The van der Waals surface area contributed by atoms with Gasteiger partial charge in [-0.25, -0.2) is 4.98 Å². The molecule has 156 valence electrons. The third-order valence-electron chi connectivity index (χ3n) is 5.82. The van der Waals surface area contributed by atoms with Crippen molar-refractivity contribution in [1.29, 1.82) is 0 Å². The predicted molar refractivity (Wildman–Crippen MR) is 112 cm³/mol. The van der Waals surface area contributed by atoms with Crippen LogP contribution < -0.4 is 5.56 Å². The molecule has 29 heavy (non-hydrogen) atoms. The highest BCUT2D eigenvalue weighted by atomic mass is 32.1. The second kappa shape index (κ2) is 9.19. The lowest BCUT2D eigenvalue weighted by molar-refractivity contribution is -0.136. The molecule has 0 saturated carbocycles. The lowest BCUT2D eigenvalue weighted by atomic mass is 9.99. The van der Waals surface area contributed by atoms with Crippen LogP contribution in [0.1, 0.15) is 54.4 Å². The zero-order valence-corrected chi connectivity index (χ0v) is 17.7. The van der Waals surface area contributed by atoms with Crippen LogP contribution in [0, 0.1) is 0 Å². The molecule has 2 aliphatic rings. The van der Waals surface area contributed by atoms with Crippen molar-refractivity contribution in [3.63, 3.8) is 0 Å². The number of hydrogen-bond donors (Lipinski definition) is 1. The number of amides is 1. The molecule has 4 heterocycles. The van der Waals surface area contributed by atoms with Crippen LogP contribution in [0.4, 0.5) is 0 Å². The smallest absolute Gasteiger partial charge is 0.254 e. The summed E-state index contributed by atoms with van der Waals surface area (Å²) in [7, 11) is 1.60. The largest absolute Gasteiger partial charge is 0.384 e. The molecule has 7 nitrogen and oxygen atoms in total. The first-order valence-corrected chi connectivity index (χ1v) is 11.2. The minimum Gasteiger partial charge on any atom is -0.384 e. The summed E-state index contributed by atoms with van der Waals surface area (Å²) in [6.07, 6.45) is 3.92. The number of carbonyl (C=O) groups excluding carboxylic acids is 1. The van der Waals surface area contributed by atoms with E-state index in [2.05, 4.69) is 26.7 Å². The second-order valence-corrected chi connectivity index (χ2v) is 8.59. The van der Waals surface area contributed by atoms with Gasteiger partial charge in [-0.3, -0.25) is 14.5 Å². The van der Waals surface area contributed by atoms with Gasteiger partial charge in [0.05, 0.1) is 24.8 Å². The van der Waals surface area contributed by atoms with Crippen LogP contribution in [0.15, 0.2) is 21.6 Å². The molecule has 1 saturated heterocycles. The molecule has 2 aliphatic heterocycles. The predicted octanol–water partition coefficient (Wildman–Crippen LogP) is 2.48. The van der Waals surface area contributed by atoms with E-state index in [1.807, 2.05) is 4.90 Å². The van der Waals surface area contributed by atoms with E-state index in [0.29, 0.717) is 38.4 Å². The molecular weight excluding hydrogens is 388 g/mol. The zero-order valence-electron chi connectivity index (χ0n) is 16.9. The number of nitrogens with zero attached hydrogens (tertiary/aromatic N) is 3. The van der Waals surface area contributed by atoms with Gasteiger partial charge in [-0.1, -0.05) is 0 Å². The Labute approximate surface area is 174 Å². The van der Waals surface area contributed by atoms with Crippen molar-refractivity contribution in [2.24, 2.45) is 0 Å². The minimum atomic E-state index is -0.154. The van der Waals surface area contributed by atoms with Crippen LogP contribution in [0.25, 0.3) is 0 Å². The van der Waals surface area contributed by atoms with Gasteiger partial charge in [-0.05, 0) is 48.1 Å². The van der Waals surface area contributed by atoms with E-state index in [-0.39, 0.29) is 17.5 Å². The molecular formula is C21H28N4O3S. The highest BCUT2D eigenvalue weighted by Crippen LogP contribution is 2.30. The molecule has 0 bridgehead atoms. The molecule has 2 aromatic heterocycles. The van der Waals surface area contributed by atoms with Crippen molar-refractivity contribution in [2.75, 3.05) is 26.8 Å². The molecule has 0 aliphatic carbocycles. The fourth-order valence-corrected chi connectivity index (χ4v) is 4.95. The van der Waals surface area contributed by atoms with Crippen LogP contribution in [-0.2, 0) is 29.0 Å². The number of aromatic amines is 1. The fourth-order valence-electron chi connectivity index (χ4n) is 4.29. The van der Waals surface area contributed by atoms with Crippen molar-refractivity contribution < 1.29 is 9.53 Å². The zero-order chi connectivity index (χ0) is 20.2. The Morgan fingerprint density at radius 3 is 3.07 bits per heavy atom. The molecule has 1 amide bonds. The van der Waals surface area contributed by atoms with Crippen LogP contribution in [-0.4, -0.2) is 52.5 Å². The molecule has 1 atom stereocenters. The average Bonchev–Trinajstić information content (AvgIpc) is 3.24. The quantitative estimate of drug-likeness (QED) is 0.783. The monoisotopic (exact) mass is 416 g/mol. The van der Waals surface area contributed by atoms with E-state index >= 15 is 0 Å². The maximum absolute atomic E-state index is 12.8. The number of hydrogen-bond acceptors (Lipinski definition) is 6. The number of H-pyrrole nitrogens is 1. The Bertz CT molecular complexity index is 896. The normalized spacial score (nSPS) is 19.9. The maximum Gasteiger partial charge on any atom is 0.254 e. The lowest BCUT2D eigenvalue weighted by Crippen LogP contribution is -2.41. The molecule has 4 rings (SSSR count). The van der Waals surface area contributed by atoms with Gasteiger partial charge in [0.1, 0.15) is 5.82 Å². The molecule has 0 unspecified atom stereocenters. The standard InChI is InChI=1S/C21H28N4O3S/c1-28-10-6-19(26)25-8-3-2-4-18(25)20-22-17-13-24(12-15-7-11-29-14-15)9-5-16(17)21(27)23-20/h7,11,14,18H,2-6,8-10,12-13H2,1H3,(H,22,23,27)/t18-/m0/s1. The second-order valence-electron chi connectivity index (χ2n) is 7.81. The van der Waals surface area contributed by atoms with Crippen molar-refractivity contribution in [1.82, 2.24) is 19.8 Å². The van der Waals surface area contributed by atoms with Crippen LogP contribution in [0.2, 0.25) is 0 Å². The Balaban J connectivity index is 1.56. The first kappa shape index (κ1) is 20.3. The summed E-state index contributed by atoms with van der Waals surface area (Å²) in [5, 5.41) is 4.25. The minimum absolute atomic E-state index is 0.0463. The molecule has 0 radical (unpaired) electrons. The summed E-state index contributed by atoms with van der Waals surface area (Å²) < 4.78 is 5.07. The summed E-state index contributed by atoms with van der Waals surface area (Å²) in [6, 6.07) is 1.99. The van der Waals surface area contributed by atoms with Gasteiger partial charge in [0.25, 0.3) is 5.56 Å². The Morgan fingerprint density at radius 2 is 2.28 bits per heavy atom. The Morgan fingerprint density at radius 1 is 1.38 bits per heavy atom. The van der Waals surface area contributed by atoms with E-state index in [1.165, 1.54) is 5.56 Å². The highest BCUT2D eigenvalue weighted by molar-refractivity contribution is 7.07. The number of carbonyl (C=O) groups is 1. The molecule has 2 aromatic rings. The number of piperidine rings is 1. The molecule has 0 aromatic carbocycles. The van der Waals surface area contributed by atoms with Crippen molar-refractivity contribution >= 4 is 17.2 Å². The van der Waals surface area contributed by atoms with Gasteiger partial charge in [-0.2, -0.15) is 11.3 Å². The van der Waals surface area contributed by atoms with Gasteiger partial charge < -0.3 is 14.6 Å². The SMILES string of the molecule is COCCC(=O)N1CCCC[C@H]1c1nc2c(c(=O)[nH]1)CCN(Cc1ccsc1)C2. The number of aromatic nitrogens is 2. The van der Waals surface area contributed by atoms with Gasteiger partial charge in [0.2, 0.25) is 5.91 Å². The molecule has 8 heteroatoms. The van der Waals surface area contributed by atoms with Gasteiger partial charge in [0.15, 0.2) is 0 Å². The topological polar surface area (TPSA) is 78.5 Å². The lowest BCUT2D eigenvalue weighted by Gasteiger charge is -2.36. The molecule has 1 fully saturated rings. The van der Waals surface area contributed by atoms with Crippen molar-refractivity contribution in [3.05, 3.63) is 49.8 Å². The molecule has 1 N–H and O–H groups in total. The summed E-state index contributed by atoms with van der Waals surface area (Å²) in [6.45, 7) is 3.52. The van der Waals surface area contributed by atoms with E-state index in [1.54, 1.807) is 18.4 Å². The van der Waals surface area contributed by atoms with E-state index in [4.69, 9.17) is 9.72 Å².